The Hall–Kier alpha value is -2.50. The third-order valence-electron chi connectivity index (χ3n) is 12.8. The van der Waals surface area contributed by atoms with Crippen molar-refractivity contribution in [2.45, 2.75) is 115 Å². The molecule has 5 unspecified atom stereocenters. The second-order valence-electron chi connectivity index (χ2n) is 14.5. The van der Waals surface area contributed by atoms with Crippen molar-refractivity contribution < 1.29 is 48.3 Å². The molecule has 11 nitrogen and oxygen atoms in total. The van der Waals surface area contributed by atoms with Crippen LogP contribution >= 0.6 is 0 Å². The molecule has 0 aromatic rings. The normalized spacial score (nSPS) is 54.0. The van der Waals surface area contributed by atoms with Crippen LogP contribution in [0.1, 0.15) is 67.2 Å². The van der Waals surface area contributed by atoms with Crippen molar-refractivity contribution in [2.24, 2.45) is 34.0 Å². The Balaban J connectivity index is 1.47. The van der Waals surface area contributed by atoms with Gasteiger partial charge in [0.05, 0.1) is 17.9 Å². The van der Waals surface area contributed by atoms with E-state index in [9.17, 15) is 29.4 Å². The summed E-state index contributed by atoms with van der Waals surface area (Å²) in [7, 11) is 0. The van der Waals surface area contributed by atoms with Crippen LogP contribution in [-0.4, -0.2) is 93.2 Å². The quantitative estimate of drug-likeness (QED) is 0.263. The number of hydrogen-bond donors (Lipinski definition) is 2. The zero-order valence-corrected chi connectivity index (χ0v) is 25.0. The maximum atomic E-state index is 13.4. The smallest absolute Gasteiger partial charge is 0.309 e. The highest BCUT2D eigenvalue weighted by Crippen LogP contribution is 2.89. The summed E-state index contributed by atoms with van der Waals surface area (Å²) in [6.45, 7) is 14.3. The van der Waals surface area contributed by atoms with Gasteiger partial charge in [-0.15, -0.1) is 0 Å². The highest BCUT2D eigenvalue weighted by Gasteiger charge is 3.01. The molecule has 42 heavy (non-hydrogen) atoms. The van der Waals surface area contributed by atoms with Crippen LogP contribution in [0.3, 0.4) is 0 Å². The molecule has 6 saturated carbocycles. The molecular formula is C31H41NO10. The molecule has 11 heteroatoms. The van der Waals surface area contributed by atoms with Crippen LogP contribution in [0.2, 0.25) is 0 Å². The molecule has 0 aromatic heterocycles. The zero-order valence-electron chi connectivity index (χ0n) is 25.0. The molecule has 0 amide bonds. The van der Waals surface area contributed by atoms with Gasteiger partial charge in [-0.1, -0.05) is 32.9 Å². The molecule has 9 aliphatic rings. The number of aliphatic hydroxyl groups is 2. The Morgan fingerprint density at radius 1 is 0.976 bits per heavy atom. The maximum absolute atomic E-state index is 13.4. The van der Waals surface area contributed by atoms with Gasteiger partial charge in [0.25, 0.3) is 0 Å². The predicted molar refractivity (Wildman–Crippen MR) is 143 cm³/mol. The number of carbonyl (C=O) groups is 4. The number of fused-ring (bicyclic) bond motifs is 1. The fourth-order valence-corrected chi connectivity index (χ4v) is 12.0. The third kappa shape index (κ3) is 2.68. The summed E-state index contributed by atoms with van der Waals surface area (Å²) >= 11 is 0. The maximum Gasteiger partial charge on any atom is 0.309 e. The Labute approximate surface area is 244 Å². The van der Waals surface area contributed by atoms with E-state index in [1.54, 1.807) is 6.92 Å². The molecule has 9 fully saturated rings. The van der Waals surface area contributed by atoms with Crippen LogP contribution in [-0.2, 0) is 38.1 Å². The largest absolute Gasteiger partial charge is 0.459 e. The fourth-order valence-electron chi connectivity index (χ4n) is 12.0. The van der Waals surface area contributed by atoms with E-state index < -0.39 is 93.6 Å². The number of piperidine rings is 2. The Bertz CT molecular complexity index is 1330. The van der Waals surface area contributed by atoms with Crippen LogP contribution in [0.25, 0.3) is 0 Å². The van der Waals surface area contributed by atoms with Gasteiger partial charge < -0.3 is 29.2 Å². The molecule has 3 saturated heterocycles. The van der Waals surface area contributed by atoms with Crippen LogP contribution < -0.4 is 0 Å². The minimum Gasteiger partial charge on any atom is -0.459 e. The fraction of sp³-hybridized carbons (Fsp3) is 0.806. The molecule has 2 spiro atoms. The number of nitrogens with zero attached hydrogens (tertiary/aromatic N) is 1. The van der Waals surface area contributed by atoms with E-state index in [2.05, 4.69) is 11.5 Å². The Morgan fingerprint density at radius 3 is 2.17 bits per heavy atom. The lowest BCUT2D eigenvalue weighted by Crippen LogP contribution is -2.83. The van der Waals surface area contributed by atoms with Crippen molar-refractivity contribution in [3.63, 3.8) is 0 Å². The standard InChI is InChI=1S/C31H41NO10/c1-8-13(2)25(36)42-19-11-29-21-18-10-28-9-14(3)20(24(31(28,29)38)41-17(6)35)23(40-16(5)34)30(28,37)26(29)32(18)12-27(21,7)22(19)39-15(4)33/h13,18-24,26,37-38H,3,8-12H2,1-2,4-7H3/t13?,18-,19+,20-,21+,22+,23?,24+,26?,27-,28-,29+,30?,31-/m0/s1. The average Bonchev–Trinajstić information content (AvgIpc) is 3.31. The number of ether oxygens (including phenoxy) is 4. The van der Waals surface area contributed by atoms with Crippen molar-refractivity contribution in [3.05, 3.63) is 12.2 Å². The van der Waals surface area contributed by atoms with Gasteiger partial charge in [0, 0.05) is 49.6 Å². The lowest BCUT2D eigenvalue weighted by Gasteiger charge is -2.71. The minimum atomic E-state index is -1.76. The monoisotopic (exact) mass is 587 g/mol. The SMILES string of the molecule is C=C1C[C@]23C[C@H]4[C@@H]5[C@]6(C)CN4C4C2(O)C(OC(C)=O)[C@H]1[C@@H](OC(C)=O)[C@@]3(O)[C@@]45C[C@@H](OC(=O)C(C)CC)[C@H]6OC(C)=O. The summed E-state index contributed by atoms with van der Waals surface area (Å²) in [5, 5.41) is 26.5. The number of esters is 4. The zero-order chi connectivity index (χ0) is 30.5. The Morgan fingerprint density at radius 2 is 1.57 bits per heavy atom. The minimum absolute atomic E-state index is 0.0803. The van der Waals surface area contributed by atoms with Gasteiger partial charge in [0.15, 0.2) is 0 Å². The number of carbonyl (C=O) groups excluding carboxylic acids is 4. The van der Waals surface area contributed by atoms with Crippen LogP contribution in [0.5, 0.6) is 0 Å². The molecule has 15 atom stereocenters. The van der Waals surface area contributed by atoms with E-state index in [1.807, 2.05) is 13.8 Å². The topological polar surface area (TPSA) is 149 Å². The van der Waals surface area contributed by atoms with Gasteiger partial charge in [-0.25, -0.2) is 0 Å². The third-order valence-corrected chi connectivity index (χ3v) is 12.8. The summed E-state index contributed by atoms with van der Waals surface area (Å²) in [5.41, 5.74) is -5.86. The van der Waals surface area contributed by atoms with Crippen molar-refractivity contribution in [3.8, 4) is 0 Å². The molecule has 3 heterocycles. The van der Waals surface area contributed by atoms with E-state index >= 15 is 0 Å². The first-order valence-corrected chi connectivity index (χ1v) is 15.2. The van der Waals surface area contributed by atoms with Gasteiger partial charge in [-0.3, -0.25) is 24.1 Å². The molecule has 0 aromatic carbocycles. The first kappa shape index (κ1) is 28.3. The highest BCUT2D eigenvalue weighted by molar-refractivity contribution is 5.73. The molecule has 2 N–H and O–H groups in total. The summed E-state index contributed by atoms with van der Waals surface area (Å²) in [5.74, 6) is -3.63. The lowest BCUT2D eigenvalue weighted by atomic mass is 9.36. The first-order chi connectivity index (χ1) is 19.6. The molecule has 9 rings (SSSR count). The van der Waals surface area contributed by atoms with E-state index in [0.29, 0.717) is 25.0 Å². The van der Waals surface area contributed by atoms with Gasteiger partial charge in [0.2, 0.25) is 0 Å². The van der Waals surface area contributed by atoms with Crippen molar-refractivity contribution in [1.82, 2.24) is 4.90 Å². The summed E-state index contributed by atoms with van der Waals surface area (Å²) in [6, 6.07) is -0.751. The Kier molecular flexibility index (Phi) is 5.49. The summed E-state index contributed by atoms with van der Waals surface area (Å²) < 4.78 is 24.1. The highest BCUT2D eigenvalue weighted by atomic mass is 16.6. The van der Waals surface area contributed by atoms with Gasteiger partial charge in [-0.05, 0) is 31.6 Å². The van der Waals surface area contributed by atoms with Crippen molar-refractivity contribution in [2.75, 3.05) is 6.54 Å². The van der Waals surface area contributed by atoms with E-state index in [1.165, 1.54) is 20.8 Å². The number of hydrogen-bond acceptors (Lipinski definition) is 11. The molecule has 6 aliphatic carbocycles. The molecule has 0 radical (unpaired) electrons. The molecule has 230 valence electrons. The lowest BCUT2D eigenvalue weighted by molar-refractivity contribution is -0.347. The van der Waals surface area contributed by atoms with Crippen molar-refractivity contribution >= 4 is 23.9 Å². The molecule has 3 aliphatic heterocycles. The molecule has 9 bridgehead atoms. The van der Waals surface area contributed by atoms with Crippen LogP contribution in [0.4, 0.5) is 0 Å². The van der Waals surface area contributed by atoms with Crippen molar-refractivity contribution in [1.29, 1.82) is 0 Å². The van der Waals surface area contributed by atoms with Gasteiger partial charge in [0.1, 0.15) is 35.6 Å². The van der Waals surface area contributed by atoms with E-state index in [4.69, 9.17) is 18.9 Å². The second kappa shape index (κ2) is 8.15. The van der Waals surface area contributed by atoms with Crippen LogP contribution in [0.15, 0.2) is 12.2 Å². The van der Waals surface area contributed by atoms with Gasteiger partial charge in [-0.2, -0.15) is 0 Å². The van der Waals surface area contributed by atoms with Gasteiger partial charge >= 0.3 is 23.9 Å². The summed E-state index contributed by atoms with van der Waals surface area (Å²) in [6.07, 6.45) is -2.62. The van der Waals surface area contributed by atoms with E-state index in [-0.39, 0.29) is 24.8 Å². The van der Waals surface area contributed by atoms with Crippen LogP contribution in [0, 0.1) is 34.0 Å². The second-order valence-corrected chi connectivity index (χ2v) is 14.5. The molecular weight excluding hydrogens is 546 g/mol. The summed E-state index contributed by atoms with van der Waals surface area (Å²) in [4.78, 5) is 53.1. The predicted octanol–water partition coefficient (Wildman–Crippen LogP) is 1.27. The average molecular weight is 588 g/mol. The number of rotatable bonds is 6. The van der Waals surface area contributed by atoms with E-state index in [0.717, 1.165) is 0 Å². The first-order valence-electron chi connectivity index (χ1n) is 15.2.